The van der Waals surface area contributed by atoms with Crippen LogP contribution in [0, 0.1) is 25.7 Å². The van der Waals surface area contributed by atoms with Crippen LogP contribution in [0.5, 0.6) is 0 Å². The Labute approximate surface area is 127 Å². The molecule has 21 heavy (non-hydrogen) atoms. The van der Waals surface area contributed by atoms with Gasteiger partial charge in [-0.2, -0.15) is 0 Å². The molecule has 0 radical (unpaired) electrons. The van der Waals surface area contributed by atoms with Crippen LogP contribution in [0.3, 0.4) is 0 Å². The first-order valence-corrected chi connectivity index (χ1v) is 7.63. The number of hydrogen-bond acceptors (Lipinski definition) is 1. The summed E-state index contributed by atoms with van der Waals surface area (Å²) in [5.41, 5.74) is 6.52. The molecule has 1 heterocycles. The standard InChI is InChI=1S/C20H21N/c1-16-11-12-18(17(2)15-16)8-5-13-21-14-6-9-19-7-3-4-10-20(19)21/h3-4,7,10-12,15H,6,9,13-14H2,1-2H3. The largest absolute Gasteiger partial charge is 0.360 e. The van der Waals surface area contributed by atoms with Crippen molar-refractivity contribution in [1.29, 1.82) is 0 Å². The number of nitrogens with zero attached hydrogens (tertiary/aromatic N) is 1. The summed E-state index contributed by atoms with van der Waals surface area (Å²) in [5, 5.41) is 0. The number of fused-ring (bicyclic) bond motifs is 1. The number of aryl methyl sites for hydroxylation is 3. The summed E-state index contributed by atoms with van der Waals surface area (Å²) in [6.07, 6.45) is 2.42. The van der Waals surface area contributed by atoms with Crippen molar-refractivity contribution < 1.29 is 0 Å². The van der Waals surface area contributed by atoms with Gasteiger partial charge in [-0.25, -0.2) is 0 Å². The van der Waals surface area contributed by atoms with E-state index in [2.05, 4.69) is 73.1 Å². The predicted molar refractivity (Wildman–Crippen MR) is 89.8 cm³/mol. The Bertz CT molecular complexity index is 703. The van der Waals surface area contributed by atoms with Gasteiger partial charge >= 0.3 is 0 Å². The van der Waals surface area contributed by atoms with E-state index in [-0.39, 0.29) is 0 Å². The van der Waals surface area contributed by atoms with E-state index in [0.29, 0.717) is 0 Å². The highest BCUT2D eigenvalue weighted by Crippen LogP contribution is 2.26. The van der Waals surface area contributed by atoms with Crippen LogP contribution in [0.15, 0.2) is 42.5 Å². The number of anilines is 1. The molecule has 0 saturated carbocycles. The molecule has 2 aromatic rings. The molecule has 0 bridgehead atoms. The molecule has 1 aliphatic rings. The maximum absolute atomic E-state index is 3.35. The van der Waals surface area contributed by atoms with Crippen LogP contribution >= 0.6 is 0 Å². The van der Waals surface area contributed by atoms with Gasteiger partial charge in [-0.15, -0.1) is 0 Å². The SMILES string of the molecule is Cc1ccc(C#CCN2CCCc3ccccc32)c(C)c1. The fourth-order valence-electron chi connectivity index (χ4n) is 2.96. The second-order valence-electron chi connectivity index (χ2n) is 5.77. The average Bonchev–Trinajstić information content (AvgIpc) is 2.50. The van der Waals surface area contributed by atoms with Gasteiger partial charge in [0.2, 0.25) is 0 Å². The number of hydrogen-bond donors (Lipinski definition) is 0. The van der Waals surface area contributed by atoms with E-state index < -0.39 is 0 Å². The lowest BCUT2D eigenvalue weighted by atomic mass is 10.0. The molecule has 0 unspecified atom stereocenters. The summed E-state index contributed by atoms with van der Waals surface area (Å²) in [6, 6.07) is 15.2. The van der Waals surface area contributed by atoms with Gasteiger partial charge in [0.15, 0.2) is 0 Å². The van der Waals surface area contributed by atoms with Gasteiger partial charge in [0.25, 0.3) is 0 Å². The minimum absolute atomic E-state index is 0.810. The molecule has 2 aromatic carbocycles. The topological polar surface area (TPSA) is 3.24 Å². The van der Waals surface area contributed by atoms with E-state index in [4.69, 9.17) is 0 Å². The molecule has 1 nitrogen and oxygen atoms in total. The van der Waals surface area contributed by atoms with Crippen LogP contribution in [0.1, 0.15) is 28.7 Å². The van der Waals surface area contributed by atoms with E-state index in [1.54, 1.807) is 0 Å². The van der Waals surface area contributed by atoms with Crippen molar-refractivity contribution in [3.8, 4) is 11.8 Å². The van der Waals surface area contributed by atoms with E-state index >= 15 is 0 Å². The summed E-state index contributed by atoms with van der Waals surface area (Å²) < 4.78 is 0. The molecule has 0 amide bonds. The van der Waals surface area contributed by atoms with Crippen molar-refractivity contribution in [3.63, 3.8) is 0 Å². The zero-order chi connectivity index (χ0) is 14.7. The number of benzene rings is 2. The first-order valence-electron chi connectivity index (χ1n) is 7.63. The van der Waals surface area contributed by atoms with Crippen molar-refractivity contribution in [1.82, 2.24) is 0 Å². The van der Waals surface area contributed by atoms with E-state index in [9.17, 15) is 0 Å². The van der Waals surface area contributed by atoms with Crippen LogP contribution in [0.2, 0.25) is 0 Å². The highest BCUT2D eigenvalue weighted by molar-refractivity contribution is 5.56. The van der Waals surface area contributed by atoms with Crippen molar-refractivity contribution in [2.45, 2.75) is 26.7 Å². The molecule has 0 fully saturated rings. The Morgan fingerprint density at radius 1 is 1.10 bits per heavy atom. The third kappa shape index (κ3) is 3.11. The van der Waals surface area contributed by atoms with Crippen LogP contribution in [-0.4, -0.2) is 13.1 Å². The third-order valence-corrected chi connectivity index (χ3v) is 4.08. The first kappa shape index (κ1) is 13.8. The quantitative estimate of drug-likeness (QED) is 0.708. The maximum Gasteiger partial charge on any atom is 0.0798 e. The van der Waals surface area contributed by atoms with Crippen LogP contribution in [0.4, 0.5) is 5.69 Å². The van der Waals surface area contributed by atoms with Gasteiger partial charge in [-0.05, 0) is 49.9 Å². The fourth-order valence-corrected chi connectivity index (χ4v) is 2.96. The fraction of sp³-hybridized carbons (Fsp3) is 0.300. The minimum atomic E-state index is 0.810. The van der Waals surface area contributed by atoms with Crippen LogP contribution < -0.4 is 4.90 Å². The monoisotopic (exact) mass is 275 g/mol. The van der Waals surface area contributed by atoms with Crippen molar-refractivity contribution in [2.75, 3.05) is 18.0 Å². The lowest BCUT2D eigenvalue weighted by Gasteiger charge is -2.29. The molecule has 0 spiro atoms. The molecule has 0 saturated heterocycles. The van der Waals surface area contributed by atoms with Gasteiger partial charge in [0.05, 0.1) is 6.54 Å². The van der Waals surface area contributed by atoms with Crippen molar-refractivity contribution in [2.24, 2.45) is 0 Å². The molecule has 0 atom stereocenters. The molecule has 1 aliphatic heterocycles. The van der Waals surface area contributed by atoms with E-state index in [0.717, 1.165) is 18.7 Å². The van der Waals surface area contributed by atoms with Crippen LogP contribution in [0.25, 0.3) is 0 Å². The molecule has 0 N–H and O–H groups in total. The molecule has 1 heteroatoms. The van der Waals surface area contributed by atoms with Crippen molar-refractivity contribution >= 4 is 5.69 Å². The molecule has 0 aromatic heterocycles. The van der Waals surface area contributed by atoms with Gasteiger partial charge in [-0.1, -0.05) is 47.7 Å². The Balaban J connectivity index is 1.76. The van der Waals surface area contributed by atoms with Crippen molar-refractivity contribution in [3.05, 3.63) is 64.7 Å². The summed E-state index contributed by atoms with van der Waals surface area (Å²) in [4.78, 5) is 2.40. The highest BCUT2D eigenvalue weighted by atomic mass is 15.1. The molecule has 106 valence electrons. The van der Waals surface area contributed by atoms with Gasteiger partial charge in [0, 0.05) is 17.8 Å². The summed E-state index contributed by atoms with van der Waals surface area (Å²) in [7, 11) is 0. The average molecular weight is 275 g/mol. The van der Waals surface area contributed by atoms with E-state index in [1.807, 2.05) is 0 Å². The molecule has 3 rings (SSSR count). The molecular formula is C20H21N. The molecule has 0 aliphatic carbocycles. The van der Waals surface area contributed by atoms with E-state index in [1.165, 1.54) is 35.2 Å². The summed E-state index contributed by atoms with van der Waals surface area (Å²) in [6.45, 7) is 6.17. The maximum atomic E-state index is 3.35. The highest BCUT2D eigenvalue weighted by Gasteiger charge is 2.14. The Kier molecular flexibility index (Phi) is 3.97. The predicted octanol–water partition coefficient (Wildman–Crippen LogP) is 4.11. The Hall–Kier alpha value is -2.20. The van der Waals surface area contributed by atoms with Crippen LogP contribution in [-0.2, 0) is 6.42 Å². The lowest BCUT2D eigenvalue weighted by Crippen LogP contribution is -2.29. The molecular weight excluding hydrogens is 254 g/mol. The van der Waals surface area contributed by atoms with Gasteiger partial charge < -0.3 is 4.90 Å². The second kappa shape index (κ2) is 6.06. The lowest BCUT2D eigenvalue weighted by molar-refractivity contribution is 0.726. The zero-order valence-corrected chi connectivity index (χ0v) is 12.8. The summed E-state index contributed by atoms with van der Waals surface area (Å²) >= 11 is 0. The Morgan fingerprint density at radius 2 is 1.95 bits per heavy atom. The summed E-state index contributed by atoms with van der Waals surface area (Å²) in [5.74, 6) is 6.68. The Morgan fingerprint density at radius 3 is 2.81 bits per heavy atom. The van der Waals surface area contributed by atoms with Gasteiger partial charge in [0.1, 0.15) is 0 Å². The minimum Gasteiger partial charge on any atom is -0.360 e. The number of rotatable bonds is 1. The normalized spacial score (nSPS) is 13.3. The third-order valence-electron chi connectivity index (χ3n) is 4.08. The smallest absolute Gasteiger partial charge is 0.0798 e. The number of para-hydroxylation sites is 1. The zero-order valence-electron chi connectivity index (χ0n) is 12.8. The van der Waals surface area contributed by atoms with Gasteiger partial charge in [-0.3, -0.25) is 0 Å². The second-order valence-corrected chi connectivity index (χ2v) is 5.77. The first-order chi connectivity index (χ1) is 10.2.